The lowest BCUT2D eigenvalue weighted by Crippen LogP contribution is -2.25. The monoisotopic (exact) mass is 288 g/mol. The van der Waals surface area contributed by atoms with Crippen LogP contribution >= 0.6 is 0 Å². The van der Waals surface area contributed by atoms with Gasteiger partial charge in [0.2, 0.25) is 0 Å². The molecule has 1 fully saturated rings. The maximum Gasteiger partial charge on any atom is 0.268 e. The van der Waals surface area contributed by atoms with Crippen LogP contribution < -0.4 is 10.9 Å². The van der Waals surface area contributed by atoms with Gasteiger partial charge in [-0.3, -0.25) is 9.20 Å². The van der Waals surface area contributed by atoms with Crippen LogP contribution in [-0.4, -0.2) is 40.1 Å². The van der Waals surface area contributed by atoms with Gasteiger partial charge in [0.05, 0.1) is 12.3 Å². The van der Waals surface area contributed by atoms with Crippen molar-refractivity contribution in [2.24, 2.45) is 5.16 Å². The van der Waals surface area contributed by atoms with Crippen molar-refractivity contribution in [2.45, 2.75) is 18.9 Å². The smallest absolute Gasteiger partial charge is 0.268 e. The summed E-state index contributed by atoms with van der Waals surface area (Å²) in [6, 6.07) is 5.30. The molecule has 7 heteroatoms. The number of ether oxygens (including phenoxy) is 1. The second-order valence-corrected chi connectivity index (χ2v) is 4.87. The van der Waals surface area contributed by atoms with Crippen LogP contribution in [0.5, 0.6) is 0 Å². The van der Waals surface area contributed by atoms with Crippen molar-refractivity contribution in [3.05, 3.63) is 40.3 Å². The highest BCUT2D eigenvalue weighted by Crippen LogP contribution is 2.14. The summed E-state index contributed by atoms with van der Waals surface area (Å²) in [5.74, 6) is 0.402. The average molecular weight is 288 g/mol. The molecule has 1 unspecified atom stereocenters. The van der Waals surface area contributed by atoms with Gasteiger partial charge < -0.3 is 15.3 Å². The summed E-state index contributed by atoms with van der Waals surface area (Å²) in [7, 11) is 0. The number of aromatic nitrogens is 2. The van der Waals surface area contributed by atoms with E-state index in [4.69, 9.17) is 9.94 Å². The summed E-state index contributed by atoms with van der Waals surface area (Å²) in [6.07, 6.45) is 4.89. The van der Waals surface area contributed by atoms with Crippen molar-refractivity contribution in [3.63, 3.8) is 0 Å². The van der Waals surface area contributed by atoms with E-state index >= 15 is 0 Å². The Hall–Kier alpha value is -2.41. The predicted octanol–water partition coefficient (Wildman–Crippen LogP) is 1.09. The Balaban J connectivity index is 1.98. The second-order valence-electron chi connectivity index (χ2n) is 4.87. The van der Waals surface area contributed by atoms with Gasteiger partial charge in [-0.1, -0.05) is 11.2 Å². The molecule has 0 radical (unpaired) electrons. The quantitative estimate of drug-likeness (QED) is 0.499. The van der Waals surface area contributed by atoms with Crippen LogP contribution in [0.15, 0.2) is 34.3 Å². The van der Waals surface area contributed by atoms with Crippen LogP contribution in [0.4, 0.5) is 5.82 Å². The van der Waals surface area contributed by atoms with Crippen molar-refractivity contribution in [2.75, 3.05) is 18.5 Å². The SMILES string of the molecule is O=c1c(C=NO)c(NCC2CCCO2)nc2ccccn12. The highest BCUT2D eigenvalue weighted by Gasteiger charge is 2.17. The number of nitrogens with one attached hydrogen (secondary N) is 1. The number of rotatable bonds is 4. The zero-order chi connectivity index (χ0) is 14.7. The molecule has 2 aromatic heterocycles. The molecule has 7 nitrogen and oxygen atoms in total. The first kappa shape index (κ1) is 13.6. The average Bonchev–Trinajstić information content (AvgIpc) is 3.02. The molecule has 0 spiro atoms. The maximum atomic E-state index is 12.4. The van der Waals surface area contributed by atoms with Crippen molar-refractivity contribution < 1.29 is 9.94 Å². The van der Waals surface area contributed by atoms with E-state index < -0.39 is 0 Å². The molecule has 1 saturated heterocycles. The molecule has 0 amide bonds. The Kier molecular flexibility index (Phi) is 3.83. The topological polar surface area (TPSA) is 88.2 Å². The van der Waals surface area contributed by atoms with Gasteiger partial charge in [0.25, 0.3) is 5.56 Å². The van der Waals surface area contributed by atoms with E-state index in [1.54, 1.807) is 18.3 Å². The molecular weight excluding hydrogens is 272 g/mol. The number of oxime groups is 1. The molecule has 3 rings (SSSR count). The van der Waals surface area contributed by atoms with Gasteiger partial charge >= 0.3 is 0 Å². The number of hydrogen-bond donors (Lipinski definition) is 2. The Morgan fingerprint density at radius 3 is 3.24 bits per heavy atom. The normalized spacial score (nSPS) is 18.6. The van der Waals surface area contributed by atoms with Crippen LogP contribution in [-0.2, 0) is 4.74 Å². The van der Waals surface area contributed by atoms with Crippen LogP contribution in [0, 0.1) is 0 Å². The van der Waals surface area contributed by atoms with Crippen LogP contribution in [0.3, 0.4) is 0 Å². The maximum absolute atomic E-state index is 12.4. The van der Waals surface area contributed by atoms with Gasteiger partial charge in [-0.15, -0.1) is 0 Å². The molecule has 0 aromatic carbocycles. The predicted molar refractivity (Wildman–Crippen MR) is 78.3 cm³/mol. The van der Waals surface area contributed by atoms with Gasteiger partial charge in [0.15, 0.2) is 0 Å². The van der Waals surface area contributed by atoms with Gasteiger partial charge in [0, 0.05) is 19.3 Å². The minimum Gasteiger partial charge on any atom is -0.411 e. The molecule has 0 bridgehead atoms. The van der Waals surface area contributed by atoms with Crippen LogP contribution in [0.1, 0.15) is 18.4 Å². The van der Waals surface area contributed by atoms with Gasteiger partial charge in [-0.2, -0.15) is 0 Å². The minimum absolute atomic E-state index is 0.125. The molecule has 21 heavy (non-hydrogen) atoms. The summed E-state index contributed by atoms with van der Waals surface area (Å²) in [6.45, 7) is 1.34. The third-order valence-corrected chi connectivity index (χ3v) is 3.48. The lowest BCUT2D eigenvalue weighted by molar-refractivity contribution is 0.120. The highest BCUT2D eigenvalue weighted by molar-refractivity contribution is 5.86. The molecule has 2 aromatic rings. The zero-order valence-corrected chi connectivity index (χ0v) is 11.4. The van der Waals surface area contributed by atoms with Crippen molar-refractivity contribution in [3.8, 4) is 0 Å². The van der Waals surface area contributed by atoms with E-state index in [2.05, 4.69) is 15.5 Å². The first-order chi connectivity index (χ1) is 10.3. The van der Waals surface area contributed by atoms with E-state index in [0.29, 0.717) is 18.0 Å². The Morgan fingerprint density at radius 1 is 1.57 bits per heavy atom. The second kappa shape index (κ2) is 5.92. The van der Waals surface area contributed by atoms with E-state index in [1.807, 2.05) is 6.07 Å². The lowest BCUT2D eigenvalue weighted by atomic mass is 10.2. The van der Waals surface area contributed by atoms with Crippen molar-refractivity contribution >= 4 is 17.7 Å². The molecule has 110 valence electrons. The summed E-state index contributed by atoms with van der Waals surface area (Å²) >= 11 is 0. The summed E-state index contributed by atoms with van der Waals surface area (Å²) in [5.41, 5.74) is 0.472. The van der Waals surface area contributed by atoms with Gasteiger partial charge in [-0.05, 0) is 25.0 Å². The molecule has 0 saturated carbocycles. The number of nitrogens with zero attached hydrogens (tertiary/aromatic N) is 3. The first-order valence-electron chi connectivity index (χ1n) is 6.84. The van der Waals surface area contributed by atoms with Gasteiger partial charge in [0.1, 0.15) is 17.0 Å². The van der Waals surface area contributed by atoms with E-state index in [1.165, 1.54) is 4.40 Å². The van der Waals surface area contributed by atoms with E-state index in [-0.39, 0.29) is 17.2 Å². The van der Waals surface area contributed by atoms with Crippen LogP contribution in [0.2, 0.25) is 0 Å². The van der Waals surface area contributed by atoms with Crippen molar-refractivity contribution in [1.82, 2.24) is 9.38 Å². The fourth-order valence-electron chi connectivity index (χ4n) is 2.43. The van der Waals surface area contributed by atoms with Gasteiger partial charge in [-0.25, -0.2) is 4.98 Å². The highest BCUT2D eigenvalue weighted by atomic mass is 16.5. The van der Waals surface area contributed by atoms with E-state index in [9.17, 15) is 4.79 Å². The number of pyridine rings is 1. The Labute approximate surface area is 120 Å². The van der Waals surface area contributed by atoms with E-state index in [0.717, 1.165) is 25.7 Å². The molecule has 1 atom stereocenters. The first-order valence-corrected chi connectivity index (χ1v) is 6.84. The number of anilines is 1. The standard InChI is InChI=1S/C14H16N4O3/c19-14-11(9-16-20)13(15-8-10-4-3-7-21-10)17-12-5-1-2-6-18(12)14/h1-2,5-6,9-10,15,20H,3-4,7-8H2. The molecule has 2 N–H and O–H groups in total. The molecular formula is C14H16N4O3. The fraction of sp³-hybridized carbons (Fsp3) is 0.357. The molecule has 1 aliphatic heterocycles. The Bertz CT molecular complexity index is 720. The largest absolute Gasteiger partial charge is 0.411 e. The summed E-state index contributed by atoms with van der Waals surface area (Å²) in [5, 5.41) is 14.8. The number of fused-ring (bicyclic) bond motifs is 1. The number of hydrogen-bond acceptors (Lipinski definition) is 6. The Morgan fingerprint density at radius 2 is 2.48 bits per heavy atom. The summed E-state index contributed by atoms with van der Waals surface area (Å²) < 4.78 is 6.95. The summed E-state index contributed by atoms with van der Waals surface area (Å²) in [4.78, 5) is 16.8. The van der Waals surface area contributed by atoms with Crippen molar-refractivity contribution in [1.29, 1.82) is 0 Å². The molecule has 3 heterocycles. The third-order valence-electron chi connectivity index (χ3n) is 3.48. The third kappa shape index (κ3) is 2.73. The molecule has 0 aliphatic carbocycles. The lowest BCUT2D eigenvalue weighted by Gasteiger charge is -2.13. The fourth-order valence-corrected chi connectivity index (χ4v) is 2.43. The minimum atomic E-state index is -0.284. The zero-order valence-electron chi connectivity index (χ0n) is 11.4. The van der Waals surface area contributed by atoms with Crippen LogP contribution in [0.25, 0.3) is 5.65 Å². The molecule has 1 aliphatic rings.